The Kier molecular flexibility index (Phi) is 1.33. The lowest BCUT2D eigenvalue weighted by atomic mass is 10.3. The molecule has 11 heavy (non-hydrogen) atoms. The van der Waals surface area contributed by atoms with Crippen LogP contribution in [0, 0.1) is 13.8 Å². The van der Waals surface area contributed by atoms with Gasteiger partial charge in [0.05, 0.1) is 0 Å². The van der Waals surface area contributed by atoms with Gasteiger partial charge in [0.1, 0.15) is 4.83 Å². The first-order valence-corrected chi connectivity index (χ1v) is 4.52. The largest absolute Gasteiger partial charge is 0.340 e. The summed E-state index contributed by atoms with van der Waals surface area (Å²) in [5.74, 6) is 0. The number of fused-ring (bicyclic) bond motifs is 1. The minimum atomic E-state index is 1.34. The van der Waals surface area contributed by atoms with Gasteiger partial charge < -0.3 is 4.57 Å². The lowest BCUT2D eigenvalue weighted by Gasteiger charge is -1.93. The summed E-state index contributed by atoms with van der Waals surface area (Å²) >= 11 is 1.86. The summed E-state index contributed by atoms with van der Waals surface area (Å²) in [6.07, 6.45) is 0. The molecule has 58 valence electrons. The fourth-order valence-corrected chi connectivity index (χ4v) is 2.38. The average molecular weight is 165 g/mol. The SMILES string of the molecule is Cc1cc2cc(C)n(C)c2s1. The highest BCUT2D eigenvalue weighted by Gasteiger charge is 2.03. The van der Waals surface area contributed by atoms with E-state index < -0.39 is 0 Å². The number of hydrogen-bond donors (Lipinski definition) is 0. The van der Waals surface area contributed by atoms with Crippen molar-refractivity contribution >= 4 is 21.6 Å². The number of nitrogens with zero attached hydrogens (tertiary/aromatic N) is 1. The van der Waals surface area contributed by atoms with Crippen molar-refractivity contribution in [1.82, 2.24) is 4.57 Å². The van der Waals surface area contributed by atoms with E-state index in [4.69, 9.17) is 0 Å². The van der Waals surface area contributed by atoms with E-state index in [2.05, 4.69) is 37.6 Å². The molecule has 0 N–H and O–H groups in total. The van der Waals surface area contributed by atoms with Crippen molar-refractivity contribution in [3.8, 4) is 0 Å². The van der Waals surface area contributed by atoms with Crippen LogP contribution in [0.3, 0.4) is 0 Å². The third kappa shape index (κ3) is 0.897. The molecule has 2 rings (SSSR count). The molecule has 0 saturated heterocycles. The van der Waals surface area contributed by atoms with Crippen molar-refractivity contribution < 1.29 is 0 Å². The lowest BCUT2D eigenvalue weighted by molar-refractivity contribution is 0.925. The lowest BCUT2D eigenvalue weighted by Crippen LogP contribution is -1.86. The molecule has 0 unspecified atom stereocenters. The molecular weight excluding hydrogens is 154 g/mol. The Morgan fingerprint density at radius 1 is 1.27 bits per heavy atom. The fourth-order valence-electron chi connectivity index (χ4n) is 1.37. The van der Waals surface area contributed by atoms with Gasteiger partial charge in [0, 0.05) is 23.0 Å². The van der Waals surface area contributed by atoms with E-state index >= 15 is 0 Å². The normalized spacial score (nSPS) is 11.2. The van der Waals surface area contributed by atoms with E-state index in [1.54, 1.807) is 0 Å². The van der Waals surface area contributed by atoms with E-state index in [1.807, 2.05) is 11.3 Å². The summed E-state index contributed by atoms with van der Waals surface area (Å²) in [5.41, 5.74) is 1.34. The molecule has 0 aromatic carbocycles. The van der Waals surface area contributed by atoms with Gasteiger partial charge in [-0.3, -0.25) is 0 Å². The predicted molar refractivity (Wildman–Crippen MR) is 50.3 cm³/mol. The third-order valence-electron chi connectivity index (χ3n) is 2.06. The van der Waals surface area contributed by atoms with E-state index in [9.17, 15) is 0 Å². The van der Waals surface area contributed by atoms with Crippen LogP contribution in [-0.4, -0.2) is 4.57 Å². The van der Waals surface area contributed by atoms with Crippen LogP contribution >= 0.6 is 11.3 Å². The van der Waals surface area contributed by atoms with Crippen LogP contribution in [0.2, 0.25) is 0 Å². The van der Waals surface area contributed by atoms with E-state index in [0.29, 0.717) is 0 Å². The second-order valence-corrected chi connectivity index (χ2v) is 4.20. The Balaban J connectivity index is 2.88. The molecule has 0 bridgehead atoms. The number of aryl methyl sites for hydroxylation is 3. The van der Waals surface area contributed by atoms with Crippen LogP contribution in [0.5, 0.6) is 0 Å². The zero-order chi connectivity index (χ0) is 8.01. The Bertz CT molecular complexity index is 395. The second kappa shape index (κ2) is 2.11. The molecule has 2 heteroatoms. The zero-order valence-electron chi connectivity index (χ0n) is 7.01. The molecule has 0 fully saturated rings. The van der Waals surface area contributed by atoms with E-state index in [-0.39, 0.29) is 0 Å². The molecule has 1 nitrogen and oxygen atoms in total. The first kappa shape index (κ1) is 6.92. The smallest absolute Gasteiger partial charge is 0.102 e. The van der Waals surface area contributed by atoms with Crippen LogP contribution in [0.15, 0.2) is 12.1 Å². The van der Waals surface area contributed by atoms with E-state index in [0.717, 1.165) is 0 Å². The van der Waals surface area contributed by atoms with Gasteiger partial charge in [-0.15, -0.1) is 11.3 Å². The van der Waals surface area contributed by atoms with E-state index in [1.165, 1.54) is 20.8 Å². The van der Waals surface area contributed by atoms with Crippen molar-refractivity contribution in [3.05, 3.63) is 22.7 Å². The Labute approximate surface area is 70.3 Å². The molecule has 0 spiro atoms. The number of aromatic nitrogens is 1. The van der Waals surface area contributed by atoms with Crippen molar-refractivity contribution in [2.75, 3.05) is 0 Å². The van der Waals surface area contributed by atoms with Crippen LogP contribution in [0.1, 0.15) is 10.6 Å². The monoisotopic (exact) mass is 165 g/mol. The molecule has 0 aliphatic heterocycles. The molecule has 0 aliphatic rings. The van der Waals surface area contributed by atoms with Gasteiger partial charge in [0.15, 0.2) is 0 Å². The van der Waals surface area contributed by atoms with Gasteiger partial charge in [-0.2, -0.15) is 0 Å². The summed E-state index contributed by atoms with van der Waals surface area (Å²) in [7, 11) is 2.12. The highest BCUT2D eigenvalue weighted by Crippen LogP contribution is 2.26. The molecule has 0 radical (unpaired) electrons. The molecule has 2 aromatic heterocycles. The van der Waals surface area contributed by atoms with Crippen molar-refractivity contribution in [3.63, 3.8) is 0 Å². The maximum Gasteiger partial charge on any atom is 0.102 e. The van der Waals surface area contributed by atoms with Gasteiger partial charge in [0.25, 0.3) is 0 Å². The summed E-state index contributed by atoms with van der Waals surface area (Å²) in [6.45, 7) is 4.29. The molecule has 0 atom stereocenters. The van der Waals surface area contributed by atoms with Gasteiger partial charge in [0.2, 0.25) is 0 Å². The van der Waals surface area contributed by atoms with Gasteiger partial charge in [-0.25, -0.2) is 0 Å². The molecule has 0 amide bonds. The van der Waals surface area contributed by atoms with Crippen LogP contribution < -0.4 is 0 Å². The summed E-state index contributed by atoms with van der Waals surface area (Å²) in [6, 6.07) is 4.48. The van der Waals surface area contributed by atoms with Crippen molar-refractivity contribution in [1.29, 1.82) is 0 Å². The molecule has 0 aliphatic carbocycles. The molecular formula is C9H11NS. The van der Waals surface area contributed by atoms with Gasteiger partial charge in [-0.1, -0.05) is 0 Å². The maximum atomic E-state index is 2.24. The highest BCUT2D eigenvalue weighted by atomic mass is 32.1. The number of thiophene rings is 1. The minimum absolute atomic E-state index is 1.34. The van der Waals surface area contributed by atoms with Crippen molar-refractivity contribution in [2.24, 2.45) is 7.05 Å². The predicted octanol–water partition coefficient (Wildman–Crippen LogP) is 2.86. The Morgan fingerprint density at radius 3 is 2.64 bits per heavy atom. The zero-order valence-corrected chi connectivity index (χ0v) is 7.83. The molecule has 2 aromatic rings. The number of rotatable bonds is 0. The average Bonchev–Trinajstić information content (AvgIpc) is 2.37. The third-order valence-corrected chi connectivity index (χ3v) is 3.20. The number of hydrogen-bond acceptors (Lipinski definition) is 1. The summed E-state index contributed by atoms with van der Waals surface area (Å²) in [5, 5.41) is 1.38. The fraction of sp³-hybridized carbons (Fsp3) is 0.333. The minimum Gasteiger partial charge on any atom is -0.340 e. The van der Waals surface area contributed by atoms with Crippen LogP contribution in [0.25, 0.3) is 10.2 Å². The summed E-state index contributed by atoms with van der Waals surface area (Å²) < 4.78 is 2.24. The Morgan fingerprint density at radius 2 is 2.00 bits per heavy atom. The van der Waals surface area contributed by atoms with Crippen LogP contribution in [-0.2, 0) is 7.05 Å². The quantitative estimate of drug-likeness (QED) is 0.565. The topological polar surface area (TPSA) is 4.93 Å². The molecule has 2 heterocycles. The van der Waals surface area contributed by atoms with Gasteiger partial charge >= 0.3 is 0 Å². The Hall–Kier alpha value is -0.760. The first-order valence-electron chi connectivity index (χ1n) is 3.71. The first-order chi connectivity index (χ1) is 5.18. The standard InChI is InChI=1S/C9H11NS/c1-6-4-8-5-7(2)11-9(8)10(6)3/h4-5H,1-3H3. The summed E-state index contributed by atoms with van der Waals surface area (Å²) in [4.78, 5) is 2.78. The van der Waals surface area contributed by atoms with Gasteiger partial charge in [-0.05, 0) is 26.0 Å². The maximum absolute atomic E-state index is 2.24. The second-order valence-electron chi connectivity index (χ2n) is 2.96. The van der Waals surface area contributed by atoms with Crippen molar-refractivity contribution in [2.45, 2.75) is 13.8 Å². The van der Waals surface area contributed by atoms with Crippen LogP contribution in [0.4, 0.5) is 0 Å². The highest BCUT2D eigenvalue weighted by molar-refractivity contribution is 7.18. The molecule has 0 saturated carbocycles.